The molecule has 2 fully saturated rings. The third-order valence-electron chi connectivity index (χ3n) is 5.34. The number of carbonyl (C=O) groups is 1. The zero-order valence-electron chi connectivity index (χ0n) is 15.3. The van der Waals surface area contributed by atoms with E-state index in [2.05, 4.69) is 5.10 Å². The largest absolute Gasteiger partial charge is 0.406 e. The summed E-state index contributed by atoms with van der Waals surface area (Å²) in [6.45, 7) is 4.26. The van der Waals surface area contributed by atoms with E-state index in [0.717, 1.165) is 21.9 Å². The second-order valence-electron chi connectivity index (χ2n) is 7.07. The quantitative estimate of drug-likeness (QED) is 0.812. The van der Waals surface area contributed by atoms with Crippen LogP contribution in [0.1, 0.15) is 35.8 Å². The lowest BCUT2D eigenvalue weighted by Crippen LogP contribution is -2.57. The normalized spacial score (nSPS) is 25.8. The molecule has 1 amide bonds. The first-order valence-electron chi connectivity index (χ1n) is 8.88. The van der Waals surface area contributed by atoms with E-state index in [1.165, 1.54) is 0 Å². The van der Waals surface area contributed by atoms with E-state index >= 15 is 0 Å². The number of amides is 1. The highest BCUT2D eigenvalue weighted by atomic mass is 19.4. The second kappa shape index (κ2) is 7.19. The van der Waals surface area contributed by atoms with Crippen molar-refractivity contribution in [3.8, 4) is 0 Å². The minimum absolute atomic E-state index is 0.162. The van der Waals surface area contributed by atoms with Crippen molar-refractivity contribution >= 4 is 5.91 Å². The van der Waals surface area contributed by atoms with E-state index in [0.29, 0.717) is 32.6 Å². The molecule has 2 unspecified atom stereocenters. The summed E-state index contributed by atoms with van der Waals surface area (Å²) in [5, 5.41) is 4.44. The summed E-state index contributed by atoms with van der Waals surface area (Å²) in [4.78, 5) is 15.7. The van der Waals surface area contributed by atoms with Crippen LogP contribution < -0.4 is 0 Å². The molecule has 0 aromatic carbocycles. The minimum Gasteiger partial charge on any atom is -0.378 e. The number of halogens is 3. The number of piperidine rings is 1. The van der Waals surface area contributed by atoms with Crippen LogP contribution >= 0.6 is 0 Å². The van der Waals surface area contributed by atoms with E-state index in [4.69, 9.17) is 4.74 Å². The SMILES string of the molecule is Cc1nn(C)c(C)c1C1COCCN1C1CCCN(CC(F)(F)F)C1=O. The van der Waals surface area contributed by atoms with Crippen LogP contribution in [0.15, 0.2) is 0 Å². The summed E-state index contributed by atoms with van der Waals surface area (Å²) in [6.07, 6.45) is -3.23. The van der Waals surface area contributed by atoms with Crippen molar-refractivity contribution in [2.75, 3.05) is 32.8 Å². The first-order chi connectivity index (χ1) is 12.2. The fourth-order valence-corrected chi connectivity index (χ4v) is 4.11. The number of hydrogen-bond acceptors (Lipinski definition) is 4. The number of nitrogens with zero attached hydrogens (tertiary/aromatic N) is 4. The summed E-state index contributed by atoms with van der Waals surface area (Å²) in [5.41, 5.74) is 2.85. The number of morpholine rings is 1. The molecule has 0 radical (unpaired) electrons. The highest BCUT2D eigenvalue weighted by Crippen LogP contribution is 2.33. The van der Waals surface area contributed by atoms with Crippen molar-refractivity contribution in [1.29, 1.82) is 0 Å². The Morgan fingerprint density at radius 3 is 2.58 bits per heavy atom. The number of likely N-dealkylation sites (tertiary alicyclic amines) is 1. The van der Waals surface area contributed by atoms with Gasteiger partial charge in [0.25, 0.3) is 0 Å². The van der Waals surface area contributed by atoms with Gasteiger partial charge < -0.3 is 9.64 Å². The maximum atomic E-state index is 12.8. The molecule has 0 aliphatic carbocycles. The van der Waals surface area contributed by atoms with E-state index in [1.807, 2.05) is 25.8 Å². The summed E-state index contributed by atoms with van der Waals surface area (Å²) in [7, 11) is 1.86. The Labute approximate surface area is 150 Å². The predicted molar refractivity (Wildman–Crippen MR) is 88.6 cm³/mol. The Morgan fingerprint density at radius 2 is 1.96 bits per heavy atom. The van der Waals surface area contributed by atoms with Crippen molar-refractivity contribution in [2.24, 2.45) is 7.05 Å². The average molecular weight is 374 g/mol. The highest BCUT2D eigenvalue weighted by molar-refractivity contribution is 5.82. The fourth-order valence-electron chi connectivity index (χ4n) is 4.11. The Kier molecular flexibility index (Phi) is 5.30. The Morgan fingerprint density at radius 1 is 1.23 bits per heavy atom. The monoisotopic (exact) mass is 374 g/mol. The van der Waals surface area contributed by atoms with Gasteiger partial charge in [-0.3, -0.25) is 14.4 Å². The van der Waals surface area contributed by atoms with Crippen LogP contribution in [0.2, 0.25) is 0 Å². The summed E-state index contributed by atoms with van der Waals surface area (Å²) >= 11 is 0. The van der Waals surface area contributed by atoms with Gasteiger partial charge in [0, 0.05) is 31.4 Å². The third-order valence-corrected chi connectivity index (χ3v) is 5.34. The maximum absolute atomic E-state index is 12.8. The molecule has 0 saturated carbocycles. The molecule has 26 heavy (non-hydrogen) atoms. The van der Waals surface area contributed by atoms with Crippen LogP contribution in [0.25, 0.3) is 0 Å². The highest BCUT2D eigenvalue weighted by Gasteiger charge is 2.42. The summed E-state index contributed by atoms with van der Waals surface area (Å²) in [6, 6.07) is -0.712. The van der Waals surface area contributed by atoms with Crippen LogP contribution in [0.4, 0.5) is 13.2 Å². The molecule has 3 heterocycles. The number of aryl methyl sites for hydroxylation is 2. The average Bonchev–Trinajstić information content (AvgIpc) is 2.81. The molecule has 2 aliphatic rings. The van der Waals surface area contributed by atoms with Gasteiger partial charge in [0.1, 0.15) is 6.54 Å². The fraction of sp³-hybridized carbons (Fsp3) is 0.765. The lowest BCUT2D eigenvalue weighted by molar-refractivity contribution is -0.170. The summed E-state index contributed by atoms with van der Waals surface area (Å²) in [5.74, 6) is -0.431. The van der Waals surface area contributed by atoms with Gasteiger partial charge >= 0.3 is 6.18 Å². The van der Waals surface area contributed by atoms with Gasteiger partial charge in [-0.1, -0.05) is 0 Å². The van der Waals surface area contributed by atoms with Crippen LogP contribution in [-0.4, -0.2) is 70.6 Å². The smallest absolute Gasteiger partial charge is 0.378 e. The first-order valence-corrected chi connectivity index (χ1v) is 8.88. The van der Waals surface area contributed by atoms with Crippen molar-refractivity contribution in [3.63, 3.8) is 0 Å². The van der Waals surface area contributed by atoms with E-state index < -0.39 is 24.7 Å². The second-order valence-corrected chi connectivity index (χ2v) is 7.07. The molecular formula is C17H25F3N4O2. The Hall–Kier alpha value is -1.61. The van der Waals surface area contributed by atoms with E-state index in [-0.39, 0.29) is 12.6 Å². The topological polar surface area (TPSA) is 50.6 Å². The minimum atomic E-state index is -4.38. The third kappa shape index (κ3) is 3.73. The van der Waals surface area contributed by atoms with Crippen LogP contribution in [0.3, 0.4) is 0 Å². The van der Waals surface area contributed by atoms with E-state index in [9.17, 15) is 18.0 Å². The number of carbonyl (C=O) groups excluding carboxylic acids is 1. The molecule has 0 spiro atoms. The van der Waals surface area contributed by atoms with Crippen molar-refractivity contribution in [3.05, 3.63) is 17.0 Å². The Balaban J connectivity index is 1.86. The van der Waals surface area contributed by atoms with Gasteiger partial charge in [0.2, 0.25) is 5.91 Å². The van der Waals surface area contributed by atoms with Gasteiger partial charge in [-0.05, 0) is 26.7 Å². The lowest BCUT2D eigenvalue weighted by atomic mass is 9.96. The molecule has 1 aromatic heterocycles. The maximum Gasteiger partial charge on any atom is 0.406 e. The number of alkyl halides is 3. The number of aromatic nitrogens is 2. The molecule has 0 N–H and O–H groups in total. The van der Waals surface area contributed by atoms with Crippen LogP contribution in [0.5, 0.6) is 0 Å². The van der Waals surface area contributed by atoms with Gasteiger partial charge in [-0.15, -0.1) is 0 Å². The molecule has 6 nitrogen and oxygen atoms in total. The van der Waals surface area contributed by atoms with Gasteiger partial charge in [0.05, 0.1) is 31.0 Å². The summed E-state index contributed by atoms with van der Waals surface area (Å²) < 4.78 is 45.8. The zero-order valence-corrected chi connectivity index (χ0v) is 15.3. The predicted octanol–water partition coefficient (Wildman–Crippen LogP) is 1.96. The number of rotatable bonds is 3. The molecule has 146 valence electrons. The van der Waals surface area contributed by atoms with Gasteiger partial charge in [-0.25, -0.2) is 0 Å². The van der Waals surface area contributed by atoms with Crippen molar-refractivity contribution in [1.82, 2.24) is 19.6 Å². The standard InChI is InChI=1S/C17H25F3N4O2/c1-11-15(12(2)22(3)21-11)14-9-26-8-7-24(14)13-5-4-6-23(16(13)25)10-17(18,19)20/h13-14H,4-10H2,1-3H3. The van der Waals surface area contributed by atoms with Crippen LogP contribution in [-0.2, 0) is 16.6 Å². The molecule has 0 bridgehead atoms. The Bertz CT molecular complexity index is 674. The first kappa shape index (κ1) is 19.2. The number of ether oxygens (including phenoxy) is 1. The molecule has 1 aromatic rings. The van der Waals surface area contributed by atoms with Gasteiger partial charge in [-0.2, -0.15) is 18.3 Å². The molecule has 2 atom stereocenters. The number of hydrogen-bond donors (Lipinski definition) is 0. The van der Waals surface area contributed by atoms with Crippen molar-refractivity contribution < 1.29 is 22.7 Å². The molecule has 2 saturated heterocycles. The molecule has 2 aliphatic heterocycles. The lowest BCUT2D eigenvalue weighted by Gasteiger charge is -2.44. The van der Waals surface area contributed by atoms with Crippen molar-refractivity contribution in [2.45, 2.75) is 44.9 Å². The van der Waals surface area contributed by atoms with Crippen LogP contribution in [0, 0.1) is 13.8 Å². The molecule has 9 heteroatoms. The van der Waals surface area contributed by atoms with E-state index in [1.54, 1.807) is 4.68 Å². The molecule has 3 rings (SSSR count). The van der Waals surface area contributed by atoms with Gasteiger partial charge in [0.15, 0.2) is 0 Å². The zero-order chi connectivity index (χ0) is 19.1. The molecular weight excluding hydrogens is 349 g/mol.